The lowest BCUT2D eigenvalue weighted by Crippen LogP contribution is -2.47. The van der Waals surface area contributed by atoms with Gasteiger partial charge in [0.15, 0.2) is 5.82 Å². The molecule has 0 aliphatic carbocycles. The molecule has 1 aromatic heterocycles. The molecule has 5 rings (SSSR count). The third-order valence-corrected chi connectivity index (χ3v) is 7.71. The number of rotatable bonds is 7. The molecule has 2 aliphatic heterocycles. The molecule has 2 amide bonds. The summed E-state index contributed by atoms with van der Waals surface area (Å²) in [5, 5.41) is 6.01. The molecular weight excluding hydrogens is 566 g/mol. The number of likely N-dealkylation sites (N-methyl/N-ethyl adjacent to an activating group) is 1. The Balaban J connectivity index is 1.35. The number of aromatic nitrogens is 2. The highest BCUT2D eigenvalue weighted by Gasteiger charge is 2.34. The Morgan fingerprint density at radius 3 is 2.40 bits per heavy atom. The van der Waals surface area contributed by atoms with Crippen LogP contribution in [-0.4, -0.2) is 91.5 Å². The quantitative estimate of drug-likeness (QED) is 0.418. The minimum atomic E-state index is -0.741. The first-order chi connectivity index (χ1) is 20.1. The summed E-state index contributed by atoms with van der Waals surface area (Å²) in [7, 11) is 5.79. The normalized spacial score (nSPS) is 17.3. The molecule has 2 saturated heterocycles. The predicted molar refractivity (Wildman–Crippen MR) is 160 cm³/mol. The number of hydrogen-bond donors (Lipinski definition) is 2. The number of piperazine rings is 1. The zero-order valence-corrected chi connectivity index (χ0v) is 24.5. The van der Waals surface area contributed by atoms with Crippen LogP contribution in [-0.2, 0) is 4.79 Å². The summed E-state index contributed by atoms with van der Waals surface area (Å²) in [6.07, 6.45) is 2.67. The molecule has 0 radical (unpaired) electrons. The number of nitrogens with one attached hydrogen (secondary N) is 2. The highest BCUT2D eigenvalue weighted by molar-refractivity contribution is 6.33. The summed E-state index contributed by atoms with van der Waals surface area (Å²) in [4.78, 5) is 43.3. The summed E-state index contributed by atoms with van der Waals surface area (Å²) >= 11 is 6.45. The van der Waals surface area contributed by atoms with Crippen LogP contribution in [0.2, 0.25) is 5.02 Å². The monoisotopic (exact) mass is 598 g/mol. The summed E-state index contributed by atoms with van der Waals surface area (Å²) < 4.78 is 27.3. The molecule has 0 unspecified atom stereocenters. The number of hydrogen-bond acceptors (Lipinski definition) is 8. The van der Waals surface area contributed by atoms with Gasteiger partial charge < -0.3 is 30.2 Å². The van der Waals surface area contributed by atoms with Gasteiger partial charge in [-0.15, -0.1) is 0 Å². The molecule has 2 fully saturated rings. The van der Waals surface area contributed by atoms with Gasteiger partial charge in [0.2, 0.25) is 11.9 Å². The van der Waals surface area contributed by atoms with Crippen LogP contribution in [0.1, 0.15) is 23.2 Å². The molecule has 2 aliphatic rings. The number of carbonyl (C=O) groups excluding carboxylic acids is 2. The lowest BCUT2D eigenvalue weighted by molar-refractivity contribution is -0.117. The van der Waals surface area contributed by atoms with Crippen LogP contribution >= 0.6 is 11.6 Å². The van der Waals surface area contributed by atoms with Gasteiger partial charge in [-0.2, -0.15) is 4.98 Å². The van der Waals surface area contributed by atoms with Gasteiger partial charge in [-0.1, -0.05) is 11.6 Å². The first-order valence-corrected chi connectivity index (χ1v) is 14.1. The lowest BCUT2D eigenvalue weighted by Gasteiger charge is -2.33. The van der Waals surface area contributed by atoms with E-state index in [-0.39, 0.29) is 28.5 Å². The van der Waals surface area contributed by atoms with Gasteiger partial charge in [0, 0.05) is 69.9 Å². The Hall–Kier alpha value is -4.03. The molecule has 2 N–H and O–H groups in total. The van der Waals surface area contributed by atoms with E-state index < -0.39 is 17.7 Å². The van der Waals surface area contributed by atoms with Crippen molar-refractivity contribution in [3.8, 4) is 0 Å². The van der Waals surface area contributed by atoms with Crippen LogP contribution in [0.3, 0.4) is 0 Å². The largest absolute Gasteiger partial charge is 0.377 e. The van der Waals surface area contributed by atoms with Crippen molar-refractivity contribution in [2.45, 2.75) is 18.9 Å². The van der Waals surface area contributed by atoms with E-state index in [0.717, 1.165) is 43.4 Å². The van der Waals surface area contributed by atoms with Crippen LogP contribution in [0, 0.1) is 11.6 Å². The fraction of sp³-hybridized carbons (Fsp3) is 0.379. The molecule has 3 heterocycles. The van der Waals surface area contributed by atoms with Crippen molar-refractivity contribution in [1.29, 1.82) is 0 Å². The Morgan fingerprint density at radius 1 is 1.00 bits per heavy atom. The predicted octanol–water partition coefficient (Wildman–Crippen LogP) is 4.21. The molecule has 2 aromatic carbocycles. The smallest absolute Gasteiger partial charge is 0.256 e. The van der Waals surface area contributed by atoms with E-state index in [2.05, 4.69) is 25.5 Å². The van der Waals surface area contributed by atoms with Crippen LogP contribution in [0.4, 0.5) is 37.6 Å². The maximum Gasteiger partial charge on any atom is 0.256 e. The molecule has 3 aromatic rings. The molecule has 222 valence electrons. The van der Waals surface area contributed by atoms with Crippen molar-refractivity contribution in [3.63, 3.8) is 0 Å². The van der Waals surface area contributed by atoms with Crippen molar-refractivity contribution >= 4 is 52.2 Å². The minimum Gasteiger partial charge on any atom is -0.377 e. The zero-order valence-electron chi connectivity index (χ0n) is 23.7. The van der Waals surface area contributed by atoms with Gasteiger partial charge in [-0.25, -0.2) is 13.8 Å². The lowest BCUT2D eigenvalue weighted by atomic mass is 10.1. The van der Waals surface area contributed by atoms with Crippen LogP contribution in [0.25, 0.3) is 0 Å². The number of anilines is 5. The fourth-order valence-electron chi connectivity index (χ4n) is 5.25. The molecule has 1 atom stereocenters. The summed E-state index contributed by atoms with van der Waals surface area (Å²) in [6, 6.07) is 7.78. The van der Waals surface area contributed by atoms with Gasteiger partial charge >= 0.3 is 0 Å². The molecule has 0 bridgehead atoms. The van der Waals surface area contributed by atoms with E-state index in [9.17, 15) is 18.4 Å². The average molecular weight is 599 g/mol. The van der Waals surface area contributed by atoms with E-state index in [1.165, 1.54) is 6.20 Å². The second-order valence-electron chi connectivity index (χ2n) is 10.7. The number of amides is 2. The van der Waals surface area contributed by atoms with E-state index >= 15 is 0 Å². The van der Waals surface area contributed by atoms with Gasteiger partial charge in [-0.05, 0) is 50.2 Å². The topological polar surface area (TPSA) is 96.9 Å². The second kappa shape index (κ2) is 12.5. The van der Waals surface area contributed by atoms with Crippen LogP contribution in [0.15, 0.2) is 42.6 Å². The fourth-order valence-corrected chi connectivity index (χ4v) is 5.45. The Kier molecular flexibility index (Phi) is 8.74. The van der Waals surface area contributed by atoms with Gasteiger partial charge in [0.25, 0.3) is 5.91 Å². The SMILES string of the molecule is CN1CCN(C(=O)c2cc(NC(=O)[C@@H]3CCCN3c3nc(Nc4cc(F)cc(F)c4)ncc3Cl)ccc2N(C)C)CC1. The summed E-state index contributed by atoms with van der Waals surface area (Å²) in [6.45, 7) is 3.41. The Bertz CT molecular complexity index is 1460. The molecular formula is C29H33ClF2N8O2. The highest BCUT2D eigenvalue weighted by atomic mass is 35.5. The summed E-state index contributed by atoms with van der Waals surface area (Å²) in [5.41, 5.74) is 1.94. The van der Waals surface area contributed by atoms with E-state index in [0.29, 0.717) is 43.1 Å². The third-order valence-electron chi connectivity index (χ3n) is 7.44. The van der Waals surface area contributed by atoms with Crippen LogP contribution < -0.4 is 20.4 Å². The van der Waals surface area contributed by atoms with Crippen molar-refractivity contribution in [2.75, 3.05) is 74.3 Å². The van der Waals surface area contributed by atoms with Crippen molar-refractivity contribution in [1.82, 2.24) is 19.8 Å². The highest BCUT2D eigenvalue weighted by Crippen LogP contribution is 2.32. The summed E-state index contributed by atoms with van der Waals surface area (Å²) in [5.74, 6) is -1.41. The first-order valence-electron chi connectivity index (χ1n) is 13.7. The molecule has 10 nitrogen and oxygen atoms in total. The van der Waals surface area contributed by atoms with Gasteiger partial charge in [-0.3, -0.25) is 9.59 Å². The average Bonchev–Trinajstić information content (AvgIpc) is 3.43. The number of carbonyl (C=O) groups is 2. The number of benzene rings is 2. The minimum absolute atomic E-state index is 0.0728. The van der Waals surface area contributed by atoms with Gasteiger partial charge in [0.1, 0.15) is 22.7 Å². The van der Waals surface area contributed by atoms with E-state index in [4.69, 9.17) is 11.6 Å². The maximum atomic E-state index is 13.7. The van der Waals surface area contributed by atoms with E-state index in [1.807, 2.05) is 37.0 Å². The van der Waals surface area contributed by atoms with Crippen molar-refractivity contribution in [3.05, 3.63) is 64.8 Å². The van der Waals surface area contributed by atoms with E-state index in [1.54, 1.807) is 17.0 Å². The molecule has 13 heteroatoms. The van der Waals surface area contributed by atoms with Gasteiger partial charge in [0.05, 0.1) is 11.8 Å². The maximum absolute atomic E-state index is 13.7. The molecule has 0 spiro atoms. The Morgan fingerprint density at radius 2 is 1.71 bits per heavy atom. The second-order valence-corrected chi connectivity index (χ2v) is 11.1. The first kappa shape index (κ1) is 29.5. The third kappa shape index (κ3) is 6.55. The van der Waals surface area contributed by atoms with Crippen molar-refractivity contribution in [2.24, 2.45) is 0 Å². The van der Waals surface area contributed by atoms with Crippen LogP contribution in [0.5, 0.6) is 0 Å². The molecule has 42 heavy (non-hydrogen) atoms. The molecule has 0 saturated carbocycles. The zero-order chi connectivity index (χ0) is 30.0. The standard InChI is InChI=1S/C29H33ClF2N8O2/c1-37(2)24-7-6-20(16-22(24)28(42)39-11-9-38(3)10-12-39)34-27(41)25-5-4-8-40(25)26-23(30)17-33-29(36-26)35-21-14-18(31)13-19(32)15-21/h6-7,13-17,25H,4-5,8-12H2,1-3H3,(H,34,41)(H,33,35,36)/t25-/m0/s1. The van der Waals surface area contributed by atoms with Crippen molar-refractivity contribution < 1.29 is 18.4 Å². The number of nitrogens with zero attached hydrogens (tertiary/aromatic N) is 6. The number of halogens is 3. The Labute approximate surface area is 248 Å².